The van der Waals surface area contributed by atoms with E-state index in [1.807, 2.05) is 0 Å². The van der Waals surface area contributed by atoms with Gasteiger partial charge in [0.15, 0.2) is 0 Å². The van der Waals surface area contributed by atoms with Crippen LogP contribution in [0.25, 0.3) is 33.4 Å². The van der Waals surface area contributed by atoms with Gasteiger partial charge in [-0.15, -0.1) is 0 Å². The van der Waals surface area contributed by atoms with Crippen LogP contribution in [0.15, 0.2) is 152 Å². The molecule has 0 saturated heterocycles. The first-order valence-corrected chi connectivity index (χ1v) is 17.6. The van der Waals surface area contributed by atoms with Crippen molar-refractivity contribution in [2.45, 2.75) is 63.2 Å². The van der Waals surface area contributed by atoms with Gasteiger partial charge in [-0.1, -0.05) is 123 Å². The van der Waals surface area contributed by atoms with Crippen LogP contribution in [-0.2, 0) is 0 Å². The Morgan fingerprint density at radius 1 is 0.319 bits per heavy atom. The third-order valence-corrected chi connectivity index (χ3v) is 10.6. The van der Waals surface area contributed by atoms with Gasteiger partial charge in [-0.05, 0) is 137 Å². The minimum absolute atomic E-state index is 0.718. The fourth-order valence-corrected chi connectivity index (χ4v) is 7.95. The summed E-state index contributed by atoms with van der Waals surface area (Å²) in [4.78, 5) is 2.43. The fraction of sp³-hybridized carbons (Fsp3) is 0.217. The number of nitrogens with zero attached hydrogens (tertiary/aromatic N) is 1. The number of hydrogen-bond donors (Lipinski definition) is 0. The molecule has 0 spiro atoms. The second-order valence-electron chi connectivity index (χ2n) is 13.6. The molecule has 1 nitrogen and oxygen atoms in total. The summed E-state index contributed by atoms with van der Waals surface area (Å²) in [7, 11) is 0. The molecule has 2 aliphatic rings. The molecule has 0 atom stereocenters. The lowest BCUT2D eigenvalue weighted by molar-refractivity contribution is 0.723. The lowest BCUT2D eigenvalue weighted by Crippen LogP contribution is -2.10. The quantitative estimate of drug-likeness (QED) is 0.166. The van der Waals surface area contributed by atoms with Gasteiger partial charge in [0.25, 0.3) is 0 Å². The van der Waals surface area contributed by atoms with E-state index in [0.717, 1.165) is 11.8 Å². The normalized spacial score (nSPS) is 15.2. The van der Waals surface area contributed by atoms with E-state index in [9.17, 15) is 0 Å². The van der Waals surface area contributed by atoms with Gasteiger partial charge in [-0.3, -0.25) is 0 Å². The summed E-state index contributed by atoms with van der Waals surface area (Å²) in [6.07, 6.45) is 10.7. The summed E-state index contributed by atoms with van der Waals surface area (Å²) in [5, 5.41) is 0. The molecule has 1 heteroatoms. The Morgan fingerprint density at radius 3 is 1.00 bits per heavy atom. The van der Waals surface area contributed by atoms with Crippen molar-refractivity contribution in [3.8, 4) is 33.4 Å². The Morgan fingerprint density at radius 2 is 0.638 bits per heavy atom. The highest BCUT2D eigenvalue weighted by Crippen LogP contribution is 2.41. The lowest BCUT2D eigenvalue weighted by atomic mass is 9.93. The van der Waals surface area contributed by atoms with Gasteiger partial charge in [0.1, 0.15) is 0 Å². The van der Waals surface area contributed by atoms with Gasteiger partial charge >= 0.3 is 0 Å². The van der Waals surface area contributed by atoms with E-state index in [2.05, 4.69) is 157 Å². The van der Waals surface area contributed by atoms with Crippen LogP contribution in [0.2, 0.25) is 0 Å². The highest BCUT2D eigenvalue weighted by atomic mass is 15.1. The first-order valence-electron chi connectivity index (χ1n) is 17.6. The molecule has 2 aliphatic carbocycles. The van der Waals surface area contributed by atoms with Crippen molar-refractivity contribution < 1.29 is 0 Å². The topological polar surface area (TPSA) is 3.24 Å². The molecule has 0 unspecified atom stereocenters. The first-order chi connectivity index (χ1) is 23.3. The van der Waals surface area contributed by atoms with E-state index in [0.29, 0.717) is 0 Å². The molecule has 47 heavy (non-hydrogen) atoms. The largest absolute Gasteiger partial charge is 0.311 e. The molecular formula is C46H43N. The fourth-order valence-electron chi connectivity index (χ4n) is 7.95. The SMILES string of the molecule is c1ccc(-c2cc(-c3ccccc3)cc(-c3ccc(N(c4ccc(C5CCCC5)cc4)c4ccc(C5CCCC5)cc4)cc3)c2)cc1. The minimum Gasteiger partial charge on any atom is -0.311 e. The number of benzene rings is 6. The van der Waals surface area contributed by atoms with Crippen LogP contribution >= 0.6 is 0 Å². The number of anilines is 3. The molecule has 0 heterocycles. The van der Waals surface area contributed by atoms with Crippen molar-refractivity contribution in [3.63, 3.8) is 0 Å². The van der Waals surface area contributed by atoms with Crippen molar-refractivity contribution >= 4 is 17.1 Å². The zero-order chi connectivity index (χ0) is 31.4. The summed E-state index contributed by atoms with van der Waals surface area (Å²) < 4.78 is 0. The van der Waals surface area contributed by atoms with Crippen LogP contribution in [-0.4, -0.2) is 0 Å². The monoisotopic (exact) mass is 609 g/mol. The van der Waals surface area contributed by atoms with E-state index in [1.54, 1.807) is 0 Å². The van der Waals surface area contributed by atoms with Crippen molar-refractivity contribution in [2.75, 3.05) is 4.90 Å². The van der Waals surface area contributed by atoms with Crippen LogP contribution in [0.1, 0.15) is 74.3 Å². The Kier molecular flexibility index (Phi) is 8.45. The van der Waals surface area contributed by atoms with Gasteiger partial charge in [0.05, 0.1) is 0 Å². The molecule has 0 N–H and O–H groups in total. The Bertz CT molecular complexity index is 1780. The highest BCUT2D eigenvalue weighted by molar-refractivity contribution is 5.83. The predicted molar refractivity (Wildman–Crippen MR) is 200 cm³/mol. The maximum absolute atomic E-state index is 2.43. The van der Waals surface area contributed by atoms with Gasteiger partial charge in [-0.2, -0.15) is 0 Å². The second kappa shape index (κ2) is 13.5. The highest BCUT2D eigenvalue weighted by Gasteiger charge is 2.20. The van der Waals surface area contributed by atoms with Crippen LogP contribution < -0.4 is 4.90 Å². The van der Waals surface area contributed by atoms with E-state index in [4.69, 9.17) is 0 Å². The van der Waals surface area contributed by atoms with Crippen molar-refractivity contribution in [3.05, 3.63) is 163 Å². The van der Waals surface area contributed by atoms with Crippen LogP contribution in [0.5, 0.6) is 0 Å². The van der Waals surface area contributed by atoms with Gasteiger partial charge in [-0.25, -0.2) is 0 Å². The Labute approximate surface area is 280 Å². The summed E-state index contributed by atoms with van der Waals surface area (Å²) in [5.41, 5.74) is 14.0. The zero-order valence-electron chi connectivity index (χ0n) is 27.2. The average molecular weight is 610 g/mol. The third kappa shape index (κ3) is 6.41. The van der Waals surface area contributed by atoms with Crippen molar-refractivity contribution in [1.82, 2.24) is 0 Å². The zero-order valence-corrected chi connectivity index (χ0v) is 27.2. The summed E-state index contributed by atoms with van der Waals surface area (Å²) in [6.45, 7) is 0. The van der Waals surface area contributed by atoms with Gasteiger partial charge < -0.3 is 4.90 Å². The van der Waals surface area contributed by atoms with E-state index < -0.39 is 0 Å². The summed E-state index contributed by atoms with van der Waals surface area (Å²) >= 11 is 0. The molecule has 0 radical (unpaired) electrons. The second-order valence-corrected chi connectivity index (χ2v) is 13.6. The van der Waals surface area contributed by atoms with Crippen LogP contribution in [0.4, 0.5) is 17.1 Å². The Balaban J connectivity index is 1.16. The molecule has 2 saturated carbocycles. The summed E-state index contributed by atoms with van der Waals surface area (Å²) in [6, 6.07) is 56.4. The first kappa shape index (κ1) is 29.5. The van der Waals surface area contributed by atoms with Crippen LogP contribution in [0, 0.1) is 0 Å². The molecule has 2 fully saturated rings. The molecule has 0 bridgehead atoms. The summed E-state index contributed by atoms with van der Waals surface area (Å²) in [5.74, 6) is 1.44. The van der Waals surface area contributed by atoms with Crippen LogP contribution in [0.3, 0.4) is 0 Å². The van der Waals surface area contributed by atoms with E-state index in [1.165, 1.54) is 113 Å². The molecule has 8 rings (SSSR count). The minimum atomic E-state index is 0.718. The van der Waals surface area contributed by atoms with Crippen molar-refractivity contribution in [1.29, 1.82) is 0 Å². The van der Waals surface area contributed by atoms with Gasteiger partial charge in [0, 0.05) is 17.1 Å². The van der Waals surface area contributed by atoms with Gasteiger partial charge in [0.2, 0.25) is 0 Å². The molecule has 232 valence electrons. The van der Waals surface area contributed by atoms with Crippen molar-refractivity contribution in [2.24, 2.45) is 0 Å². The molecule has 0 aromatic heterocycles. The molecule has 0 amide bonds. The molecule has 6 aromatic carbocycles. The maximum atomic E-state index is 2.43. The third-order valence-electron chi connectivity index (χ3n) is 10.6. The Hall–Kier alpha value is -4.88. The molecular weight excluding hydrogens is 567 g/mol. The number of hydrogen-bond acceptors (Lipinski definition) is 1. The molecule has 6 aromatic rings. The standard InChI is InChI=1S/C46H43N/c1-3-11-36(12-4-1)41-31-42(37-13-5-2-6-14-37)33-43(32-41)40-23-29-46(30-24-40)47(44-25-19-38(20-26-44)34-15-7-8-16-34)45-27-21-39(22-28-45)35-17-9-10-18-35/h1-6,11-14,19-35H,7-10,15-18H2. The molecule has 0 aliphatic heterocycles. The number of rotatable bonds is 8. The lowest BCUT2D eigenvalue weighted by Gasteiger charge is -2.27. The maximum Gasteiger partial charge on any atom is 0.0462 e. The smallest absolute Gasteiger partial charge is 0.0462 e. The van der Waals surface area contributed by atoms with E-state index in [-0.39, 0.29) is 0 Å². The average Bonchev–Trinajstić information content (AvgIpc) is 3.90. The predicted octanol–water partition coefficient (Wildman–Crippen LogP) is 13.5. The van der Waals surface area contributed by atoms with E-state index >= 15 is 0 Å².